The number of ether oxygens (including phenoxy) is 2. The van der Waals surface area contributed by atoms with E-state index in [1.165, 1.54) is 6.07 Å². The van der Waals surface area contributed by atoms with Crippen LogP contribution in [0.25, 0.3) is 0 Å². The maximum Gasteiger partial charge on any atom is 0.416 e. The molecule has 0 saturated heterocycles. The quantitative estimate of drug-likeness (QED) is 0.273. The fraction of sp³-hybridized carbons (Fsp3) is 0.222. The predicted molar refractivity (Wildman–Crippen MR) is 101 cm³/mol. The van der Waals surface area contributed by atoms with E-state index in [1.807, 2.05) is 0 Å². The van der Waals surface area contributed by atoms with Gasteiger partial charge in [-0.2, -0.15) is 13.2 Å². The minimum absolute atomic E-state index is 0.0450. The van der Waals surface area contributed by atoms with Crippen molar-refractivity contribution < 1.29 is 42.3 Å². The zero-order valence-electron chi connectivity index (χ0n) is 15.7. The third kappa shape index (κ3) is 6.30. The summed E-state index contributed by atoms with van der Waals surface area (Å²) in [5.41, 5.74) is -1.97. The molecule has 0 aliphatic rings. The highest BCUT2D eigenvalue weighted by molar-refractivity contribution is 6.32. The molecule has 13 heteroatoms. The van der Waals surface area contributed by atoms with Crippen LogP contribution in [0, 0.1) is 10.1 Å². The number of carbonyl (C=O) groups excluding carboxylic acids is 1. The van der Waals surface area contributed by atoms with Crippen molar-refractivity contribution in [2.24, 2.45) is 5.16 Å². The molecule has 1 N–H and O–H groups in total. The summed E-state index contributed by atoms with van der Waals surface area (Å²) in [6.07, 6.45) is -4.60. The van der Waals surface area contributed by atoms with Crippen molar-refractivity contribution in [2.75, 3.05) is 20.3 Å². The number of benzene rings is 2. The second kappa shape index (κ2) is 10.1. The third-order valence-electron chi connectivity index (χ3n) is 3.70. The van der Waals surface area contributed by atoms with Gasteiger partial charge in [0.15, 0.2) is 0 Å². The highest BCUT2D eigenvalue weighted by Gasteiger charge is 2.31. The summed E-state index contributed by atoms with van der Waals surface area (Å²) in [7, 11) is 1.11. The van der Waals surface area contributed by atoms with E-state index in [-0.39, 0.29) is 27.8 Å². The largest absolute Gasteiger partial charge is 0.466 e. The number of aliphatic hydroxyl groups is 1. The van der Waals surface area contributed by atoms with Crippen LogP contribution in [-0.2, 0) is 20.5 Å². The van der Waals surface area contributed by atoms with Crippen LogP contribution < -0.4 is 4.74 Å². The maximum absolute atomic E-state index is 12.8. The first kappa shape index (κ1) is 23.9. The van der Waals surface area contributed by atoms with Gasteiger partial charge in [-0.3, -0.25) is 10.1 Å². The van der Waals surface area contributed by atoms with Crippen LogP contribution in [0.3, 0.4) is 0 Å². The van der Waals surface area contributed by atoms with Crippen molar-refractivity contribution in [3.63, 3.8) is 0 Å². The van der Waals surface area contributed by atoms with Gasteiger partial charge in [-0.25, -0.2) is 4.79 Å². The lowest BCUT2D eigenvalue weighted by Crippen LogP contribution is -2.13. The monoisotopic (exact) mass is 462 g/mol. The molecule has 0 atom stereocenters. The van der Waals surface area contributed by atoms with Crippen LogP contribution in [0.4, 0.5) is 18.9 Å². The number of esters is 1. The fourth-order valence-corrected chi connectivity index (χ4v) is 2.46. The Hall–Kier alpha value is -3.38. The van der Waals surface area contributed by atoms with E-state index in [2.05, 4.69) is 9.89 Å². The highest BCUT2D eigenvalue weighted by Crippen LogP contribution is 2.37. The number of nitro benzene ring substituents is 1. The van der Waals surface area contributed by atoms with Crippen molar-refractivity contribution in [3.05, 3.63) is 62.7 Å². The summed E-state index contributed by atoms with van der Waals surface area (Å²) in [6, 6.07) is 5.75. The highest BCUT2D eigenvalue weighted by atomic mass is 35.5. The first-order chi connectivity index (χ1) is 14.6. The van der Waals surface area contributed by atoms with E-state index in [4.69, 9.17) is 21.2 Å². The van der Waals surface area contributed by atoms with E-state index in [9.17, 15) is 33.2 Å². The average Bonchev–Trinajstić information content (AvgIpc) is 2.71. The molecule has 0 aliphatic carbocycles. The summed E-state index contributed by atoms with van der Waals surface area (Å²) < 4.78 is 48.1. The van der Waals surface area contributed by atoms with Gasteiger partial charge in [-0.15, -0.1) is 0 Å². The summed E-state index contributed by atoms with van der Waals surface area (Å²) in [6.45, 7) is -1.41. The number of nitrogens with zero attached hydrogens (tertiary/aromatic N) is 2. The van der Waals surface area contributed by atoms with Crippen LogP contribution in [0.1, 0.15) is 11.1 Å². The van der Waals surface area contributed by atoms with E-state index in [0.29, 0.717) is 6.07 Å². The lowest BCUT2D eigenvalue weighted by Gasteiger charge is -2.12. The fourth-order valence-electron chi connectivity index (χ4n) is 2.24. The summed E-state index contributed by atoms with van der Waals surface area (Å²) in [5.74, 6) is -0.958. The van der Waals surface area contributed by atoms with Gasteiger partial charge in [0.2, 0.25) is 6.61 Å². The number of alkyl halides is 3. The molecule has 0 bridgehead atoms. The molecule has 31 heavy (non-hydrogen) atoms. The van der Waals surface area contributed by atoms with Crippen LogP contribution in [0.2, 0.25) is 5.02 Å². The molecule has 166 valence electrons. The number of hydrogen-bond acceptors (Lipinski definition) is 8. The van der Waals surface area contributed by atoms with Crippen molar-refractivity contribution >= 4 is 29.0 Å². The number of rotatable bonds is 8. The number of aliphatic hydroxyl groups excluding tert-OH is 1. The zero-order valence-corrected chi connectivity index (χ0v) is 16.4. The molecule has 0 unspecified atom stereocenters. The van der Waals surface area contributed by atoms with Gasteiger partial charge in [-0.1, -0.05) is 16.8 Å². The average molecular weight is 463 g/mol. The van der Waals surface area contributed by atoms with Crippen molar-refractivity contribution in [3.8, 4) is 11.5 Å². The number of carbonyl (C=O) groups is 1. The molecule has 2 aromatic carbocycles. The smallest absolute Gasteiger partial charge is 0.416 e. The van der Waals surface area contributed by atoms with Crippen LogP contribution in [-0.4, -0.2) is 42.0 Å². The Morgan fingerprint density at radius 3 is 2.52 bits per heavy atom. The van der Waals surface area contributed by atoms with Crippen molar-refractivity contribution in [2.45, 2.75) is 6.18 Å². The Balaban J connectivity index is 2.38. The second-order valence-electron chi connectivity index (χ2n) is 5.73. The minimum Gasteiger partial charge on any atom is -0.466 e. The molecule has 0 aliphatic heterocycles. The Bertz CT molecular complexity index is 1010. The van der Waals surface area contributed by atoms with E-state index in [0.717, 1.165) is 31.4 Å². The van der Waals surface area contributed by atoms with Gasteiger partial charge in [0.25, 0.3) is 5.69 Å². The number of nitro groups is 1. The lowest BCUT2D eigenvalue weighted by molar-refractivity contribution is -0.385. The van der Waals surface area contributed by atoms with Crippen molar-refractivity contribution in [1.82, 2.24) is 0 Å². The normalized spacial score (nSPS) is 11.7. The molecule has 0 radical (unpaired) electrons. The van der Waals surface area contributed by atoms with Crippen LogP contribution >= 0.6 is 11.6 Å². The van der Waals surface area contributed by atoms with Gasteiger partial charge in [0.1, 0.15) is 17.2 Å². The number of halogens is 4. The number of hydrogen-bond donors (Lipinski definition) is 1. The van der Waals surface area contributed by atoms with Gasteiger partial charge >= 0.3 is 12.1 Å². The van der Waals surface area contributed by atoms with Gasteiger partial charge < -0.3 is 19.4 Å². The summed E-state index contributed by atoms with van der Waals surface area (Å²) >= 11 is 5.85. The van der Waals surface area contributed by atoms with E-state index >= 15 is 0 Å². The molecule has 0 saturated carbocycles. The Morgan fingerprint density at radius 1 is 1.26 bits per heavy atom. The first-order valence-corrected chi connectivity index (χ1v) is 8.64. The second-order valence-corrected chi connectivity index (χ2v) is 6.13. The number of oxime groups is 1. The molecular formula is C18H14ClF3N2O7. The topological polar surface area (TPSA) is 120 Å². The molecular weight excluding hydrogens is 449 g/mol. The van der Waals surface area contributed by atoms with Crippen molar-refractivity contribution in [1.29, 1.82) is 0 Å². The Kier molecular flexibility index (Phi) is 7.78. The Labute approximate surface area is 177 Å². The van der Waals surface area contributed by atoms with Gasteiger partial charge in [0.05, 0.1) is 34.8 Å². The zero-order chi connectivity index (χ0) is 23.2. The minimum atomic E-state index is -4.60. The maximum atomic E-state index is 12.8. The molecule has 0 fully saturated rings. The standard InChI is InChI=1S/C18H14ClF3N2O7/c1-29-17(26)9-30-23-14(8-25)12-7-11(3-4-15(12)24(27)28)31-16-5-2-10(6-13(16)19)18(20,21)22/h2-7,25H,8-9H2,1H3/b23-14+. The molecule has 0 spiro atoms. The van der Waals surface area contributed by atoms with Gasteiger partial charge in [-0.05, 0) is 30.3 Å². The van der Waals surface area contributed by atoms with Crippen LogP contribution in [0.15, 0.2) is 41.6 Å². The third-order valence-corrected chi connectivity index (χ3v) is 3.99. The Morgan fingerprint density at radius 2 is 1.97 bits per heavy atom. The summed E-state index contributed by atoms with van der Waals surface area (Å²) in [4.78, 5) is 26.3. The van der Waals surface area contributed by atoms with Gasteiger partial charge in [0, 0.05) is 6.07 Å². The molecule has 2 aromatic rings. The first-order valence-electron chi connectivity index (χ1n) is 8.26. The van der Waals surface area contributed by atoms with Crippen LogP contribution in [0.5, 0.6) is 11.5 Å². The molecule has 0 amide bonds. The lowest BCUT2D eigenvalue weighted by atomic mass is 10.1. The molecule has 9 nitrogen and oxygen atoms in total. The van der Waals surface area contributed by atoms with E-state index < -0.39 is 41.5 Å². The molecule has 0 aromatic heterocycles. The molecule has 0 heterocycles. The summed E-state index contributed by atoms with van der Waals surface area (Å²) in [5, 5.41) is 24.0. The number of methoxy groups -OCH3 is 1. The molecule has 2 rings (SSSR count). The predicted octanol–water partition coefficient (Wildman–Crippen LogP) is 3.95. The van der Waals surface area contributed by atoms with E-state index in [1.54, 1.807) is 0 Å². The SMILES string of the molecule is COC(=O)CO/N=C(\CO)c1cc(Oc2ccc(C(F)(F)F)cc2Cl)ccc1[N+](=O)[O-].